The molecule has 0 radical (unpaired) electrons. The topological polar surface area (TPSA) is 75.6 Å². The van der Waals surface area contributed by atoms with Gasteiger partial charge in [0.1, 0.15) is 11.5 Å². The Kier molecular flexibility index (Phi) is 4.60. The highest BCUT2D eigenvalue weighted by Gasteiger charge is 2.26. The first-order valence-corrected chi connectivity index (χ1v) is 9.37. The molecule has 0 atom stereocenters. The molecular formula is C18H20N4O3S. The van der Waals surface area contributed by atoms with Gasteiger partial charge in [-0.1, -0.05) is 5.16 Å². The molecule has 0 unspecified atom stereocenters. The lowest BCUT2D eigenvalue weighted by Crippen LogP contribution is -2.48. The summed E-state index contributed by atoms with van der Waals surface area (Å²) < 4.78 is 10.5. The van der Waals surface area contributed by atoms with E-state index in [-0.39, 0.29) is 5.91 Å². The minimum Gasteiger partial charge on any atom is -0.462 e. The molecule has 3 aromatic heterocycles. The van der Waals surface area contributed by atoms with E-state index in [1.54, 1.807) is 6.26 Å². The molecule has 4 heterocycles. The van der Waals surface area contributed by atoms with E-state index in [1.807, 2.05) is 36.9 Å². The monoisotopic (exact) mass is 372 g/mol. The molecule has 1 aliphatic rings. The number of piperazine rings is 1. The van der Waals surface area contributed by atoms with Crippen molar-refractivity contribution in [2.45, 2.75) is 20.4 Å². The molecule has 26 heavy (non-hydrogen) atoms. The number of furan rings is 1. The van der Waals surface area contributed by atoms with Crippen molar-refractivity contribution in [2.24, 2.45) is 0 Å². The minimum atomic E-state index is -0.00603. The zero-order chi connectivity index (χ0) is 18.1. The number of carbonyl (C=O) groups excluding carboxylic acids is 1. The van der Waals surface area contributed by atoms with Crippen molar-refractivity contribution in [3.05, 3.63) is 46.5 Å². The van der Waals surface area contributed by atoms with Crippen molar-refractivity contribution in [1.82, 2.24) is 19.9 Å². The number of hydrogen-bond donors (Lipinski definition) is 0. The lowest BCUT2D eigenvalue weighted by atomic mass is 10.2. The molecule has 1 amide bonds. The predicted octanol–water partition coefficient (Wildman–Crippen LogP) is 2.97. The van der Waals surface area contributed by atoms with E-state index in [1.165, 1.54) is 11.3 Å². The average molecular weight is 372 g/mol. The maximum Gasteiger partial charge on any atom is 0.273 e. The Morgan fingerprint density at radius 3 is 2.73 bits per heavy atom. The Morgan fingerprint density at radius 1 is 1.27 bits per heavy atom. The van der Waals surface area contributed by atoms with Gasteiger partial charge in [-0.2, -0.15) is 0 Å². The lowest BCUT2D eigenvalue weighted by molar-refractivity contribution is 0.0620. The average Bonchev–Trinajstić information content (AvgIpc) is 3.36. The van der Waals surface area contributed by atoms with Crippen molar-refractivity contribution in [2.75, 3.05) is 26.2 Å². The highest BCUT2D eigenvalue weighted by atomic mass is 32.1. The van der Waals surface area contributed by atoms with E-state index in [4.69, 9.17) is 8.94 Å². The van der Waals surface area contributed by atoms with Crippen LogP contribution in [0.1, 0.15) is 26.8 Å². The van der Waals surface area contributed by atoms with E-state index in [2.05, 4.69) is 15.0 Å². The van der Waals surface area contributed by atoms with Gasteiger partial charge in [0.25, 0.3) is 5.91 Å². The minimum absolute atomic E-state index is 0.00603. The van der Waals surface area contributed by atoms with Crippen LogP contribution in [0.25, 0.3) is 10.8 Å². The zero-order valence-electron chi connectivity index (χ0n) is 14.8. The maximum absolute atomic E-state index is 12.9. The summed E-state index contributed by atoms with van der Waals surface area (Å²) in [6, 6.07) is 5.63. The van der Waals surface area contributed by atoms with Crippen molar-refractivity contribution < 1.29 is 13.7 Å². The van der Waals surface area contributed by atoms with Gasteiger partial charge in [0.2, 0.25) is 0 Å². The molecule has 1 fully saturated rings. The molecule has 0 aromatic carbocycles. The number of nitrogens with zero attached hydrogens (tertiary/aromatic N) is 4. The number of carbonyl (C=O) groups is 1. The molecular weight excluding hydrogens is 352 g/mol. The molecule has 4 rings (SSSR count). The standard InChI is InChI=1S/C18H20N4O3S/c1-12-10-14(20-25-12)11-21-5-7-22(8-6-21)18(23)16-13(2)26-17(19-16)15-4-3-9-24-15/h3-4,9-10H,5-8,11H2,1-2H3. The van der Waals surface area contributed by atoms with Crippen LogP contribution in [-0.4, -0.2) is 52.0 Å². The number of hydrogen-bond acceptors (Lipinski definition) is 7. The van der Waals surface area contributed by atoms with Gasteiger partial charge >= 0.3 is 0 Å². The van der Waals surface area contributed by atoms with Crippen LogP contribution >= 0.6 is 11.3 Å². The Balaban J connectivity index is 1.39. The van der Waals surface area contributed by atoms with Crippen molar-refractivity contribution >= 4 is 17.2 Å². The third kappa shape index (κ3) is 3.42. The first-order valence-electron chi connectivity index (χ1n) is 8.55. The predicted molar refractivity (Wildman–Crippen MR) is 97.0 cm³/mol. The molecule has 1 aliphatic heterocycles. The SMILES string of the molecule is Cc1cc(CN2CCN(C(=O)c3nc(-c4ccco4)sc3C)CC2)no1. The Hall–Kier alpha value is -2.45. The summed E-state index contributed by atoms with van der Waals surface area (Å²) >= 11 is 1.49. The van der Waals surface area contributed by atoms with E-state index >= 15 is 0 Å². The summed E-state index contributed by atoms with van der Waals surface area (Å²) in [6.45, 7) is 7.56. The number of aromatic nitrogens is 2. The number of aryl methyl sites for hydroxylation is 2. The molecule has 0 N–H and O–H groups in total. The number of amides is 1. The third-order valence-corrected chi connectivity index (χ3v) is 5.44. The van der Waals surface area contributed by atoms with Crippen LogP contribution in [0.2, 0.25) is 0 Å². The Labute approximate surface area is 155 Å². The van der Waals surface area contributed by atoms with E-state index in [0.29, 0.717) is 24.5 Å². The summed E-state index contributed by atoms with van der Waals surface area (Å²) in [5.41, 5.74) is 1.46. The summed E-state index contributed by atoms with van der Waals surface area (Å²) in [5, 5.41) is 4.78. The van der Waals surface area contributed by atoms with Gasteiger partial charge < -0.3 is 13.8 Å². The van der Waals surface area contributed by atoms with Gasteiger partial charge in [-0.15, -0.1) is 11.3 Å². The van der Waals surface area contributed by atoms with Crippen molar-refractivity contribution in [3.63, 3.8) is 0 Å². The maximum atomic E-state index is 12.9. The van der Waals surface area contributed by atoms with Crippen LogP contribution in [0.3, 0.4) is 0 Å². The molecule has 0 saturated carbocycles. The van der Waals surface area contributed by atoms with E-state index in [9.17, 15) is 4.79 Å². The van der Waals surface area contributed by atoms with Crippen LogP contribution in [0, 0.1) is 13.8 Å². The van der Waals surface area contributed by atoms with E-state index in [0.717, 1.165) is 41.0 Å². The zero-order valence-corrected chi connectivity index (χ0v) is 15.6. The lowest BCUT2D eigenvalue weighted by Gasteiger charge is -2.34. The van der Waals surface area contributed by atoms with Crippen LogP contribution in [0.15, 0.2) is 33.4 Å². The smallest absolute Gasteiger partial charge is 0.273 e. The van der Waals surface area contributed by atoms with Gasteiger partial charge in [0.15, 0.2) is 10.8 Å². The fourth-order valence-corrected chi connectivity index (χ4v) is 3.95. The van der Waals surface area contributed by atoms with E-state index < -0.39 is 0 Å². The molecule has 0 aliphatic carbocycles. The second-order valence-corrected chi connectivity index (χ2v) is 7.60. The quantitative estimate of drug-likeness (QED) is 0.701. The van der Waals surface area contributed by atoms with Crippen molar-refractivity contribution in [1.29, 1.82) is 0 Å². The van der Waals surface area contributed by atoms with Gasteiger partial charge in [-0.05, 0) is 26.0 Å². The molecule has 8 heteroatoms. The molecule has 1 saturated heterocycles. The fraction of sp³-hybridized carbons (Fsp3) is 0.389. The number of rotatable bonds is 4. The highest BCUT2D eigenvalue weighted by Crippen LogP contribution is 2.28. The summed E-state index contributed by atoms with van der Waals surface area (Å²) in [4.78, 5) is 22.5. The summed E-state index contributed by atoms with van der Waals surface area (Å²) in [5.74, 6) is 1.51. The molecule has 0 bridgehead atoms. The second-order valence-electron chi connectivity index (χ2n) is 6.40. The van der Waals surface area contributed by atoms with Crippen LogP contribution in [0.4, 0.5) is 0 Å². The number of thiazole rings is 1. The van der Waals surface area contributed by atoms with Crippen LogP contribution in [-0.2, 0) is 6.54 Å². The molecule has 3 aromatic rings. The van der Waals surface area contributed by atoms with Crippen LogP contribution in [0.5, 0.6) is 0 Å². The molecule has 7 nitrogen and oxygen atoms in total. The Bertz CT molecular complexity index is 892. The first-order chi connectivity index (χ1) is 12.6. The van der Waals surface area contributed by atoms with Gasteiger partial charge in [-0.3, -0.25) is 9.69 Å². The van der Waals surface area contributed by atoms with Crippen LogP contribution < -0.4 is 0 Å². The van der Waals surface area contributed by atoms with Crippen molar-refractivity contribution in [3.8, 4) is 10.8 Å². The molecule has 136 valence electrons. The molecule has 0 spiro atoms. The summed E-state index contributed by atoms with van der Waals surface area (Å²) in [6.07, 6.45) is 1.61. The van der Waals surface area contributed by atoms with Gasteiger partial charge in [0.05, 0.1) is 12.0 Å². The second kappa shape index (κ2) is 7.05. The largest absolute Gasteiger partial charge is 0.462 e. The van der Waals surface area contributed by atoms with Gasteiger partial charge in [0, 0.05) is 43.7 Å². The summed E-state index contributed by atoms with van der Waals surface area (Å²) in [7, 11) is 0. The first kappa shape index (κ1) is 17.0. The Morgan fingerprint density at radius 2 is 2.08 bits per heavy atom. The fourth-order valence-electron chi connectivity index (χ4n) is 3.08. The van der Waals surface area contributed by atoms with Gasteiger partial charge in [-0.25, -0.2) is 4.98 Å². The normalized spacial score (nSPS) is 15.5. The third-order valence-electron chi connectivity index (χ3n) is 4.45. The highest BCUT2D eigenvalue weighted by molar-refractivity contribution is 7.15.